The lowest BCUT2D eigenvalue weighted by atomic mass is 9.84. The van der Waals surface area contributed by atoms with Gasteiger partial charge in [-0.25, -0.2) is 0 Å². The van der Waals surface area contributed by atoms with Crippen LogP contribution in [0.3, 0.4) is 0 Å². The Balaban J connectivity index is 2.53. The van der Waals surface area contributed by atoms with E-state index < -0.39 is 5.97 Å². The van der Waals surface area contributed by atoms with Crippen LogP contribution >= 0.6 is 0 Å². The lowest BCUT2D eigenvalue weighted by molar-refractivity contribution is -0.137. The van der Waals surface area contributed by atoms with Crippen LogP contribution in [0.15, 0.2) is 28.8 Å². The summed E-state index contributed by atoms with van der Waals surface area (Å²) >= 11 is 0. The molecule has 1 rings (SSSR count). The quantitative estimate of drug-likeness (QED) is 0.587. The molecule has 3 nitrogen and oxygen atoms in total. The average Bonchev–Trinajstić information content (AvgIpc) is 2.25. The zero-order valence-electron chi connectivity index (χ0n) is 10.7. The van der Waals surface area contributed by atoms with Crippen molar-refractivity contribution in [2.45, 2.75) is 39.5 Å². The van der Waals surface area contributed by atoms with Crippen molar-refractivity contribution >= 4 is 11.7 Å². The Morgan fingerprint density at radius 1 is 1.65 bits per heavy atom. The number of carboxylic acids is 1. The summed E-state index contributed by atoms with van der Waals surface area (Å²) in [6.45, 7) is 8.73. The molecule has 1 N–H and O–H groups in total. The molecular weight excluding hydrogens is 214 g/mol. The number of hydrogen-bond acceptors (Lipinski definition) is 2. The van der Waals surface area contributed by atoms with Gasteiger partial charge in [0.2, 0.25) is 0 Å². The second-order valence-corrected chi connectivity index (χ2v) is 4.70. The van der Waals surface area contributed by atoms with Gasteiger partial charge in [0.15, 0.2) is 0 Å². The fraction of sp³-hybridized carbons (Fsp3) is 0.571. The number of aliphatic carboxylic acids is 1. The van der Waals surface area contributed by atoms with Crippen LogP contribution in [-0.2, 0) is 4.79 Å². The Kier molecular flexibility index (Phi) is 5.13. The lowest BCUT2D eigenvalue weighted by Crippen LogP contribution is -2.16. The molecule has 0 amide bonds. The van der Waals surface area contributed by atoms with Crippen LogP contribution in [0.2, 0.25) is 0 Å². The van der Waals surface area contributed by atoms with Gasteiger partial charge in [-0.15, -0.1) is 0 Å². The monoisotopic (exact) mass is 235 g/mol. The molecule has 0 saturated heterocycles. The van der Waals surface area contributed by atoms with E-state index in [-0.39, 0.29) is 6.42 Å². The highest BCUT2D eigenvalue weighted by Crippen LogP contribution is 2.26. The van der Waals surface area contributed by atoms with Gasteiger partial charge in [0.05, 0.1) is 0 Å². The largest absolute Gasteiger partial charge is 0.481 e. The third-order valence-corrected chi connectivity index (χ3v) is 3.15. The van der Waals surface area contributed by atoms with E-state index in [9.17, 15) is 4.79 Å². The van der Waals surface area contributed by atoms with Crippen LogP contribution < -0.4 is 0 Å². The fourth-order valence-electron chi connectivity index (χ4n) is 1.92. The van der Waals surface area contributed by atoms with Gasteiger partial charge in [-0.05, 0) is 44.6 Å². The lowest BCUT2D eigenvalue weighted by Gasteiger charge is -2.22. The van der Waals surface area contributed by atoms with Crippen molar-refractivity contribution in [3.8, 4) is 0 Å². The van der Waals surface area contributed by atoms with E-state index >= 15 is 0 Å². The molecule has 0 aliphatic heterocycles. The molecule has 1 atom stereocenters. The molecule has 0 radical (unpaired) electrons. The topological polar surface area (TPSA) is 49.7 Å². The molecule has 3 heteroatoms. The van der Waals surface area contributed by atoms with Crippen LogP contribution in [0.4, 0.5) is 0 Å². The van der Waals surface area contributed by atoms with Crippen molar-refractivity contribution in [3.05, 3.63) is 23.8 Å². The molecule has 0 heterocycles. The van der Waals surface area contributed by atoms with Gasteiger partial charge in [0.25, 0.3) is 0 Å². The summed E-state index contributed by atoms with van der Waals surface area (Å²) in [5.41, 5.74) is 3.56. The summed E-state index contributed by atoms with van der Waals surface area (Å²) in [6.07, 6.45) is 5.02. The highest BCUT2D eigenvalue weighted by molar-refractivity contribution is 6.00. The van der Waals surface area contributed by atoms with Crippen LogP contribution in [-0.4, -0.2) is 23.3 Å². The predicted molar refractivity (Wildman–Crippen MR) is 70.5 cm³/mol. The molecule has 0 aromatic rings. The molecule has 0 fully saturated rings. The van der Waals surface area contributed by atoms with Crippen molar-refractivity contribution in [1.82, 2.24) is 0 Å². The molecular formula is C14H21NO2. The van der Waals surface area contributed by atoms with E-state index in [1.165, 1.54) is 11.1 Å². The molecule has 1 unspecified atom stereocenters. The van der Waals surface area contributed by atoms with Crippen molar-refractivity contribution < 1.29 is 9.90 Å². The maximum Gasteiger partial charge on any atom is 0.303 e. The molecule has 1 aliphatic rings. The number of hydrogen-bond donors (Lipinski definition) is 1. The van der Waals surface area contributed by atoms with Gasteiger partial charge in [-0.3, -0.25) is 9.79 Å². The van der Waals surface area contributed by atoms with Crippen LogP contribution in [0.5, 0.6) is 0 Å². The minimum absolute atomic E-state index is 0.198. The molecule has 0 spiro atoms. The van der Waals surface area contributed by atoms with Crippen LogP contribution in [0.25, 0.3) is 0 Å². The van der Waals surface area contributed by atoms with Crippen molar-refractivity contribution in [1.29, 1.82) is 0 Å². The standard InChI is InChI=1S/C14H21NO2/c1-10(2)12-7-6-11(3)13(9-12)15-8-4-5-14(16)17/h6,12H,1,4-5,7-9H2,2-3H3,(H,16,17). The molecule has 1 aliphatic carbocycles. The van der Waals surface area contributed by atoms with E-state index in [0.29, 0.717) is 18.9 Å². The van der Waals surface area contributed by atoms with Gasteiger partial charge >= 0.3 is 5.97 Å². The number of carbonyl (C=O) groups is 1. The first-order chi connectivity index (χ1) is 8.00. The SMILES string of the molecule is C=C(C)C1CC=C(C)C(=NCCCC(=O)O)C1. The zero-order chi connectivity index (χ0) is 12.8. The average molecular weight is 235 g/mol. The second-order valence-electron chi connectivity index (χ2n) is 4.70. The Bertz CT molecular complexity index is 366. The van der Waals surface area contributed by atoms with Crippen molar-refractivity contribution in [3.63, 3.8) is 0 Å². The predicted octanol–water partition coefficient (Wildman–Crippen LogP) is 3.22. The summed E-state index contributed by atoms with van der Waals surface area (Å²) in [5, 5.41) is 8.55. The van der Waals surface area contributed by atoms with Gasteiger partial charge in [0.1, 0.15) is 0 Å². The summed E-state index contributed by atoms with van der Waals surface area (Å²) in [7, 11) is 0. The molecule has 0 bridgehead atoms. The molecule has 0 saturated carbocycles. The first-order valence-corrected chi connectivity index (χ1v) is 6.08. The molecule has 94 valence electrons. The Morgan fingerprint density at radius 2 is 2.35 bits per heavy atom. The second kappa shape index (κ2) is 6.38. The van der Waals surface area contributed by atoms with E-state index in [4.69, 9.17) is 5.11 Å². The summed E-state index contributed by atoms with van der Waals surface area (Å²) in [6, 6.07) is 0. The van der Waals surface area contributed by atoms with Crippen LogP contribution in [0.1, 0.15) is 39.5 Å². The summed E-state index contributed by atoms with van der Waals surface area (Å²) in [4.78, 5) is 14.9. The van der Waals surface area contributed by atoms with E-state index in [1.807, 2.05) is 0 Å². The van der Waals surface area contributed by atoms with Gasteiger partial charge in [0, 0.05) is 18.7 Å². The fourth-order valence-corrected chi connectivity index (χ4v) is 1.92. The van der Waals surface area contributed by atoms with E-state index in [1.54, 1.807) is 0 Å². The number of carboxylic acid groups (broad SMARTS) is 1. The first-order valence-electron chi connectivity index (χ1n) is 6.08. The smallest absolute Gasteiger partial charge is 0.303 e. The van der Waals surface area contributed by atoms with Crippen LogP contribution in [0, 0.1) is 5.92 Å². The van der Waals surface area contributed by atoms with Crippen molar-refractivity contribution in [2.24, 2.45) is 10.9 Å². The summed E-state index contributed by atoms with van der Waals surface area (Å²) in [5.74, 6) is -0.252. The molecule has 0 aromatic heterocycles. The van der Waals surface area contributed by atoms with Gasteiger partial charge < -0.3 is 5.11 Å². The third kappa shape index (κ3) is 4.55. The molecule has 0 aromatic carbocycles. The molecule has 17 heavy (non-hydrogen) atoms. The van der Waals surface area contributed by atoms with Gasteiger partial charge in [-0.2, -0.15) is 0 Å². The highest BCUT2D eigenvalue weighted by Gasteiger charge is 2.17. The number of nitrogens with zero attached hydrogens (tertiary/aromatic N) is 1. The zero-order valence-corrected chi connectivity index (χ0v) is 10.7. The number of allylic oxidation sites excluding steroid dienone is 3. The van der Waals surface area contributed by atoms with E-state index in [0.717, 1.165) is 18.6 Å². The minimum Gasteiger partial charge on any atom is -0.481 e. The summed E-state index contributed by atoms with van der Waals surface area (Å²) < 4.78 is 0. The first kappa shape index (κ1) is 13.7. The Hall–Kier alpha value is -1.38. The highest BCUT2D eigenvalue weighted by atomic mass is 16.4. The Morgan fingerprint density at radius 3 is 2.94 bits per heavy atom. The van der Waals surface area contributed by atoms with E-state index in [2.05, 4.69) is 31.5 Å². The Labute approximate surface area is 103 Å². The number of aliphatic imine (C=N–C) groups is 1. The van der Waals surface area contributed by atoms with Crippen molar-refractivity contribution in [2.75, 3.05) is 6.54 Å². The normalized spacial score (nSPS) is 22.4. The van der Waals surface area contributed by atoms with Gasteiger partial charge in [-0.1, -0.05) is 18.2 Å². The third-order valence-electron chi connectivity index (χ3n) is 3.15. The maximum atomic E-state index is 10.4. The number of rotatable bonds is 5. The minimum atomic E-state index is -0.749. The maximum absolute atomic E-state index is 10.4.